The number of aryl methyl sites for hydroxylation is 1. The third-order valence-corrected chi connectivity index (χ3v) is 8.71. The summed E-state index contributed by atoms with van der Waals surface area (Å²) in [6, 6.07) is 0.942. The number of Topliss-reactive ketones (excluding diaryl/α,β-unsaturated/α-hetero) is 1. The summed E-state index contributed by atoms with van der Waals surface area (Å²) in [5, 5.41) is 14.7. The smallest absolute Gasteiger partial charge is 0.399 e. The van der Waals surface area contributed by atoms with Gasteiger partial charge in [-0.2, -0.15) is 18.3 Å². The third-order valence-electron chi connectivity index (χ3n) is 7.70. The highest BCUT2D eigenvalue weighted by Gasteiger charge is 2.56. The molecule has 2 fully saturated rings. The fourth-order valence-electron chi connectivity index (χ4n) is 5.51. The minimum absolute atomic E-state index is 0.0780. The average Bonchev–Trinajstić information content (AvgIpc) is 3.62. The van der Waals surface area contributed by atoms with E-state index in [2.05, 4.69) is 15.4 Å². The maximum Gasteiger partial charge on any atom is 0.435 e. The van der Waals surface area contributed by atoms with Gasteiger partial charge in [0, 0.05) is 36.5 Å². The van der Waals surface area contributed by atoms with E-state index in [0.29, 0.717) is 55.9 Å². The number of likely N-dealkylation sites (tertiary alicyclic amines) is 1. The zero-order valence-electron chi connectivity index (χ0n) is 22.7. The van der Waals surface area contributed by atoms with Crippen molar-refractivity contribution in [1.82, 2.24) is 19.7 Å². The predicted octanol–water partition coefficient (Wildman–Crippen LogP) is 4.33. The van der Waals surface area contributed by atoms with Gasteiger partial charge in [0.2, 0.25) is 11.5 Å². The third kappa shape index (κ3) is 5.37. The minimum atomic E-state index is -4.55. The van der Waals surface area contributed by atoms with Crippen LogP contribution in [0.3, 0.4) is 0 Å². The lowest BCUT2D eigenvalue weighted by Gasteiger charge is -2.38. The normalized spacial score (nSPS) is 24.5. The highest BCUT2D eigenvalue weighted by Crippen LogP contribution is 2.43. The van der Waals surface area contributed by atoms with Crippen LogP contribution in [0.2, 0.25) is 0 Å². The molecule has 1 atom stereocenters. The Hall–Kier alpha value is -3.29. The lowest BCUT2D eigenvalue weighted by Crippen LogP contribution is -2.53. The van der Waals surface area contributed by atoms with Gasteiger partial charge in [-0.15, -0.1) is 11.3 Å². The van der Waals surface area contributed by atoms with Crippen molar-refractivity contribution >= 4 is 34.5 Å². The van der Waals surface area contributed by atoms with Crippen LogP contribution in [-0.2, 0) is 32.0 Å². The Morgan fingerprint density at radius 1 is 1.25 bits per heavy atom. The molecule has 40 heavy (non-hydrogen) atoms. The van der Waals surface area contributed by atoms with Gasteiger partial charge in [0.05, 0.1) is 17.1 Å². The molecule has 0 bridgehead atoms. The molecule has 2 aromatic rings. The van der Waals surface area contributed by atoms with Crippen LogP contribution in [0.4, 0.5) is 13.2 Å². The van der Waals surface area contributed by atoms with Crippen LogP contribution in [0.25, 0.3) is 0 Å². The van der Waals surface area contributed by atoms with E-state index in [-0.39, 0.29) is 41.7 Å². The van der Waals surface area contributed by atoms with Crippen LogP contribution >= 0.6 is 11.3 Å². The molecule has 4 heterocycles. The summed E-state index contributed by atoms with van der Waals surface area (Å²) in [7, 11) is 1.44. The number of halogens is 3. The van der Waals surface area contributed by atoms with Gasteiger partial charge >= 0.3 is 6.18 Å². The number of piperidine rings is 1. The highest BCUT2D eigenvalue weighted by atomic mass is 32.1. The summed E-state index contributed by atoms with van der Waals surface area (Å²) in [5.41, 5.74) is -0.464. The van der Waals surface area contributed by atoms with Crippen molar-refractivity contribution in [3.63, 3.8) is 0 Å². The van der Waals surface area contributed by atoms with Crippen molar-refractivity contribution < 1.29 is 32.4 Å². The molecule has 1 amide bonds. The molecule has 0 radical (unpaired) electrons. The van der Waals surface area contributed by atoms with Crippen molar-refractivity contribution in [1.29, 1.82) is 0 Å². The number of oxime groups is 2. The maximum atomic E-state index is 13.2. The predicted molar refractivity (Wildman–Crippen MR) is 140 cm³/mol. The largest absolute Gasteiger partial charge is 0.435 e. The van der Waals surface area contributed by atoms with Crippen LogP contribution in [0.1, 0.15) is 74.0 Å². The summed E-state index contributed by atoms with van der Waals surface area (Å²) in [4.78, 5) is 43.2. The van der Waals surface area contributed by atoms with Gasteiger partial charge in [-0.3, -0.25) is 14.3 Å². The lowest BCUT2D eigenvalue weighted by atomic mass is 9.67. The standard InChI is InChI=1S/C26H31F3N6O4S/c1-15-9-19(26(27,28)29)31-35(15)13-22(37)34-7-5-16(6-8-34)23-30-18(14-40-23)17-10-25(39-32-17)20(33-38-4)11-24(2,3)12-21(25)36/h9,14,16H,5-8,10-13H2,1-4H3/b33-20+. The molecule has 10 nitrogen and oxygen atoms in total. The van der Waals surface area contributed by atoms with E-state index in [0.717, 1.165) is 15.8 Å². The van der Waals surface area contributed by atoms with Gasteiger partial charge in [-0.1, -0.05) is 24.2 Å². The molecular formula is C26H31F3N6O4S. The maximum absolute atomic E-state index is 13.2. The van der Waals surface area contributed by atoms with Crippen molar-refractivity contribution in [2.24, 2.45) is 15.7 Å². The number of hydrogen-bond donors (Lipinski definition) is 0. The molecule has 1 spiro atoms. The van der Waals surface area contributed by atoms with E-state index in [1.807, 2.05) is 19.2 Å². The summed E-state index contributed by atoms with van der Waals surface area (Å²) in [6.07, 6.45) is -2.06. The van der Waals surface area contributed by atoms with Gasteiger partial charge in [0.1, 0.15) is 25.1 Å². The zero-order valence-corrected chi connectivity index (χ0v) is 23.6. The Morgan fingerprint density at radius 3 is 2.62 bits per heavy atom. The first-order valence-corrected chi connectivity index (χ1v) is 13.9. The highest BCUT2D eigenvalue weighted by molar-refractivity contribution is 7.10. The SMILES string of the molecule is CO/N=C1\CC(C)(C)CC(=O)C12CC(c1csc(C3CCN(C(=O)Cn4nc(C(F)(F)F)cc4C)CC3)n1)=NO2. The van der Waals surface area contributed by atoms with E-state index in [4.69, 9.17) is 14.7 Å². The van der Waals surface area contributed by atoms with Gasteiger partial charge in [-0.25, -0.2) is 4.98 Å². The van der Waals surface area contributed by atoms with Crippen LogP contribution in [0.5, 0.6) is 0 Å². The molecule has 1 unspecified atom stereocenters. The van der Waals surface area contributed by atoms with E-state index < -0.39 is 17.5 Å². The van der Waals surface area contributed by atoms with Gasteiger partial charge in [0.15, 0.2) is 11.5 Å². The topological polar surface area (TPSA) is 111 Å². The van der Waals surface area contributed by atoms with Gasteiger partial charge < -0.3 is 14.6 Å². The van der Waals surface area contributed by atoms with E-state index in [1.54, 1.807) is 4.90 Å². The van der Waals surface area contributed by atoms with Crippen molar-refractivity contribution in [3.05, 3.63) is 33.5 Å². The Morgan fingerprint density at radius 2 is 1.98 bits per heavy atom. The van der Waals surface area contributed by atoms with Gasteiger partial charge in [0.25, 0.3) is 0 Å². The van der Waals surface area contributed by atoms with Crippen LogP contribution < -0.4 is 0 Å². The zero-order chi connectivity index (χ0) is 28.9. The summed E-state index contributed by atoms with van der Waals surface area (Å²) >= 11 is 1.50. The first-order valence-electron chi connectivity index (χ1n) is 13.1. The first kappa shape index (κ1) is 28.2. The summed E-state index contributed by atoms with van der Waals surface area (Å²) in [6.45, 7) is 6.22. The van der Waals surface area contributed by atoms with Crippen molar-refractivity contribution in [3.8, 4) is 0 Å². The first-order chi connectivity index (χ1) is 18.8. The summed E-state index contributed by atoms with van der Waals surface area (Å²) < 4.78 is 39.9. The lowest BCUT2D eigenvalue weighted by molar-refractivity contribution is -0.142. The average molecular weight is 581 g/mol. The number of alkyl halides is 3. The number of rotatable bonds is 5. The Kier molecular flexibility index (Phi) is 7.26. The molecule has 14 heteroatoms. The Bertz CT molecular complexity index is 1370. The van der Waals surface area contributed by atoms with Crippen LogP contribution in [-0.4, -0.2) is 68.6 Å². The van der Waals surface area contributed by atoms with Crippen LogP contribution in [0.15, 0.2) is 21.8 Å². The minimum Gasteiger partial charge on any atom is -0.399 e. The van der Waals surface area contributed by atoms with Gasteiger partial charge in [-0.05, 0) is 37.7 Å². The Balaban J connectivity index is 1.20. The number of nitrogens with zero attached hydrogens (tertiary/aromatic N) is 6. The molecule has 1 aliphatic carbocycles. The molecule has 2 aliphatic heterocycles. The number of ketones is 1. The molecule has 0 aromatic carbocycles. The molecule has 3 aliphatic rings. The van der Waals surface area contributed by atoms with E-state index >= 15 is 0 Å². The monoisotopic (exact) mass is 580 g/mol. The fraction of sp³-hybridized carbons (Fsp3) is 0.615. The number of hydrogen-bond acceptors (Lipinski definition) is 9. The summed E-state index contributed by atoms with van der Waals surface area (Å²) in [5.74, 6) is -0.216. The fourth-order valence-corrected chi connectivity index (χ4v) is 6.51. The second kappa shape index (κ2) is 10.3. The molecule has 5 rings (SSSR count). The number of amides is 1. The molecule has 1 saturated carbocycles. The number of carbonyl (C=O) groups excluding carboxylic acids is 2. The Labute approximate surface area is 233 Å². The van der Waals surface area contributed by atoms with Crippen LogP contribution in [0, 0.1) is 12.3 Å². The number of carbonyl (C=O) groups is 2. The number of aromatic nitrogens is 3. The van der Waals surface area contributed by atoms with E-state index in [1.165, 1.54) is 25.4 Å². The van der Waals surface area contributed by atoms with Crippen molar-refractivity contribution in [2.45, 2.75) is 77.1 Å². The molecular weight excluding hydrogens is 549 g/mol. The quantitative estimate of drug-likeness (QED) is 0.487. The van der Waals surface area contributed by atoms with Crippen molar-refractivity contribution in [2.75, 3.05) is 20.2 Å². The van der Waals surface area contributed by atoms with E-state index in [9.17, 15) is 22.8 Å². The molecule has 2 aromatic heterocycles. The molecule has 1 saturated heterocycles. The number of thiazole rings is 1. The molecule has 0 N–H and O–H groups in total. The second-order valence-electron chi connectivity index (χ2n) is 11.3. The molecule has 216 valence electrons. The second-order valence-corrected chi connectivity index (χ2v) is 12.2.